The van der Waals surface area contributed by atoms with Crippen LogP contribution in [-0.4, -0.2) is 15.6 Å². The lowest BCUT2D eigenvalue weighted by Crippen LogP contribution is -2.10. The van der Waals surface area contributed by atoms with Crippen LogP contribution in [0.1, 0.15) is 46.7 Å². The fourth-order valence-electron chi connectivity index (χ4n) is 2.49. The Bertz CT molecular complexity index is 626. The molecule has 20 heavy (non-hydrogen) atoms. The number of nitrogens with zero attached hydrogens (tertiary/aromatic N) is 2. The molecule has 0 N–H and O–H groups in total. The maximum atomic E-state index is 12.5. The van der Waals surface area contributed by atoms with Crippen molar-refractivity contribution in [1.82, 2.24) is 9.78 Å². The minimum atomic E-state index is 0.166. The minimum absolute atomic E-state index is 0.166. The quantitative estimate of drug-likeness (QED) is 0.779. The second kappa shape index (κ2) is 6.04. The van der Waals surface area contributed by atoms with Gasteiger partial charge in [0.1, 0.15) is 0 Å². The number of carbonyl (C=O) groups is 1. The van der Waals surface area contributed by atoms with E-state index in [1.807, 2.05) is 36.7 Å². The maximum absolute atomic E-state index is 12.5. The van der Waals surface area contributed by atoms with Gasteiger partial charge in [0.25, 0.3) is 0 Å². The van der Waals surface area contributed by atoms with Gasteiger partial charge < -0.3 is 0 Å². The first-order valence-electron chi connectivity index (χ1n) is 7.21. The Balaban J connectivity index is 2.25. The van der Waals surface area contributed by atoms with Crippen molar-refractivity contribution in [3.05, 3.63) is 52.3 Å². The normalized spacial score (nSPS) is 10.8. The van der Waals surface area contributed by atoms with Crippen LogP contribution in [-0.2, 0) is 19.4 Å². The number of ketones is 1. The fraction of sp³-hybridized carbons (Fsp3) is 0.412. The molecule has 0 amide bonds. The number of rotatable bonds is 5. The SMILES string of the molecule is CCc1cc(CC(=O)c2ccc(C)cc2C)n(CC)n1. The average molecular weight is 270 g/mol. The summed E-state index contributed by atoms with van der Waals surface area (Å²) in [7, 11) is 0. The molecule has 0 aliphatic carbocycles. The van der Waals surface area contributed by atoms with Gasteiger partial charge in [-0.25, -0.2) is 0 Å². The van der Waals surface area contributed by atoms with Crippen molar-refractivity contribution in [1.29, 1.82) is 0 Å². The van der Waals surface area contributed by atoms with Crippen molar-refractivity contribution in [3.63, 3.8) is 0 Å². The predicted octanol–water partition coefficient (Wildman–Crippen LogP) is 3.51. The van der Waals surface area contributed by atoms with E-state index in [2.05, 4.69) is 25.0 Å². The van der Waals surface area contributed by atoms with E-state index in [0.717, 1.165) is 35.5 Å². The third-order valence-corrected chi connectivity index (χ3v) is 3.60. The van der Waals surface area contributed by atoms with Crippen LogP contribution in [0.5, 0.6) is 0 Å². The zero-order valence-corrected chi connectivity index (χ0v) is 12.7. The summed E-state index contributed by atoms with van der Waals surface area (Å²) < 4.78 is 1.93. The number of Topliss-reactive ketones (excluding diaryl/α,β-unsaturated/α-hetero) is 1. The predicted molar refractivity (Wildman–Crippen MR) is 81.2 cm³/mol. The van der Waals surface area contributed by atoms with E-state index in [1.165, 1.54) is 5.56 Å². The van der Waals surface area contributed by atoms with Gasteiger partial charge >= 0.3 is 0 Å². The molecule has 0 aliphatic rings. The molecular weight excluding hydrogens is 248 g/mol. The number of carbonyl (C=O) groups excluding carboxylic acids is 1. The monoisotopic (exact) mass is 270 g/mol. The molecule has 0 aliphatic heterocycles. The Morgan fingerprint density at radius 3 is 2.55 bits per heavy atom. The summed E-state index contributed by atoms with van der Waals surface area (Å²) in [6.45, 7) is 8.97. The summed E-state index contributed by atoms with van der Waals surface area (Å²) in [5.74, 6) is 0.166. The topological polar surface area (TPSA) is 34.9 Å². The van der Waals surface area contributed by atoms with Crippen LogP contribution >= 0.6 is 0 Å². The number of hydrogen-bond acceptors (Lipinski definition) is 2. The standard InChI is InChI=1S/C17H22N2O/c1-5-14-10-15(19(6-2)18-14)11-17(20)16-8-7-12(3)9-13(16)4/h7-10H,5-6,11H2,1-4H3. The van der Waals surface area contributed by atoms with Gasteiger partial charge in [-0.3, -0.25) is 9.48 Å². The molecular formula is C17H22N2O. The Labute approximate surface area is 120 Å². The van der Waals surface area contributed by atoms with Crippen LogP contribution in [0, 0.1) is 13.8 Å². The molecule has 1 heterocycles. The van der Waals surface area contributed by atoms with Gasteiger partial charge in [-0.15, -0.1) is 0 Å². The number of benzene rings is 1. The summed E-state index contributed by atoms with van der Waals surface area (Å²) in [5, 5.41) is 4.49. The summed E-state index contributed by atoms with van der Waals surface area (Å²) in [5.41, 5.74) is 5.11. The van der Waals surface area contributed by atoms with Crippen LogP contribution in [0.2, 0.25) is 0 Å². The number of aryl methyl sites for hydroxylation is 4. The first-order chi connectivity index (χ1) is 9.55. The van der Waals surface area contributed by atoms with E-state index in [9.17, 15) is 4.79 Å². The third-order valence-electron chi connectivity index (χ3n) is 3.60. The van der Waals surface area contributed by atoms with Crippen molar-refractivity contribution in [2.45, 2.75) is 47.1 Å². The highest BCUT2D eigenvalue weighted by atomic mass is 16.1. The van der Waals surface area contributed by atoms with E-state index in [0.29, 0.717) is 6.42 Å². The largest absolute Gasteiger partial charge is 0.294 e. The molecule has 0 bridgehead atoms. The van der Waals surface area contributed by atoms with E-state index in [-0.39, 0.29) is 5.78 Å². The third kappa shape index (κ3) is 2.98. The molecule has 1 aromatic heterocycles. The highest BCUT2D eigenvalue weighted by Crippen LogP contribution is 2.15. The molecule has 0 saturated heterocycles. The highest BCUT2D eigenvalue weighted by molar-refractivity contribution is 5.98. The fourth-order valence-corrected chi connectivity index (χ4v) is 2.49. The second-order valence-corrected chi connectivity index (χ2v) is 5.21. The van der Waals surface area contributed by atoms with E-state index < -0.39 is 0 Å². The highest BCUT2D eigenvalue weighted by Gasteiger charge is 2.14. The smallest absolute Gasteiger partial charge is 0.169 e. The van der Waals surface area contributed by atoms with Crippen LogP contribution in [0.25, 0.3) is 0 Å². The summed E-state index contributed by atoms with van der Waals surface area (Å²) in [6, 6.07) is 8.03. The van der Waals surface area contributed by atoms with E-state index in [4.69, 9.17) is 0 Å². The molecule has 0 saturated carbocycles. The Morgan fingerprint density at radius 1 is 1.20 bits per heavy atom. The molecule has 0 radical (unpaired) electrons. The lowest BCUT2D eigenvalue weighted by Gasteiger charge is -2.07. The van der Waals surface area contributed by atoms with Gasteiger partial charge in [0.2, 0.25) is 0 Å². The van der Waals surface area contributed by atoms with Crippen LogP contribution < -0.4 is 0 Å². The first-order valence-corrected chi connectivity index (χ1v) is 7.21. The molecule has 0 fully saturated rings. The van der Waals surface area contributed by atoms with Crippen molar-refractivity contribution in [2.24, 2.45) is 0 Å². The Hall–Kier alpha value is -1.90. The van der Waals surface area contributed by atoms with Crippen LogP contribution in [0.3, 0.4) is 0 Å². The summed E-state index contributed by atoms with van der Waals surface area (Å²) in [4.78, 5) is 12.5. The van der Waals surface area contributed by atoms with Gasteiger partial charge in [0.15, 0.2) is 5.78 Å². The Kier molecular flexibility index (Phi) is 4.38. The molecule has 0 atom stereocenters. The zero-order chi connectivity index (χ0) is 14.7. The van der Waals surface area contributed by atoms with Gasteiger partial charge in [-0.1, -0.05) is 30.7 Å². The molecule has 0 unspecified atom stereocenters. The van der Waals surface area contributed by atoms with Crippen molar-refractivity contribution < 1.29 is 4.79 Å². The van der Waals surface area contributed by atoms with Crippen molar-refractivity contribution in [3.8, 4) is 0 Å². The van der Waals surface area contributed by atoms with Crippen LogP contribution in [0.15, 0.2) is 24.3 Å². The molecule has 0 spiro atoms. The minimum Gasteiger partial charge on any atom is -0.294 e. The molecule has 2 rings (SSSR count). The van der Waals surface area contributed by atoms with Gasteiger partial charge in [0, 0.05) is 17.8 Å². The summed E-state index contributed by atoms with van der Waals surface area (Å²) >= 11 is 0. The molecule has 106 valence electrons. The number of hydrogen-bond donors (Lipinski definition) is 0. The van der Waals surface area contributed by atoms with E-state index in [1.54, 1.807) is 0 Å². The lowest BCUT2D eigenvalue weighted by molar-refractivity contribution is 0.0990. The van der Waals surface area contributed by atoms with Crippen LogP contribution in [0.4, 0.5) is 0 Å². The molecule has 3 nitrogen and oxygen atoms in total. The molecule has 3 heteroatoms. The average Bonchev–Trinajstić information content (AvgIpc) is 2.80. The number of aromatic nitrogens is 2. The lowest BCUT2D eigenvalue weighted by atomic mass is 9.99. The molecule has 2 aromatic rings. The van der Waals surface area contributed by atoms with E-state index >= 15 is 0 Å². The summed E-state index contributed by atoms with van der Waals surface area (Å²) in [6.07, 6.45) is 1.32. The van der Waals surface area contributed by atoms with Gasteiger partial charge in [-0.05, 0) is 38.8 Å². The maximum Gasteiger partial charge on any atom is 0.169 e. The zero-order valence-electron chi connectivity index (χ0n) is 12.7. The van der Waals surface area contributed by atoms with Gasteiger partial charge in [-0.2, -0.15) is 5.10 Å². The van der Waals surface area contributed by atoms with Gasteiger partial charge in [0.05, 0.1) is 12.1 Å². The molecule has 1 aromatic carbocycles. The van der Waals surface area contributed by atoms with Crippen molar-refractivity contribution in [2.75, 3.05) is 0 Å². The van der Waals surface area contributed by atoms with Crippen molar-refractivity contribution >= 4 is 5.78 Å². The second-order valence-electron chi connectivity index (χ2n) is 5.21. The Morgan fingerprint density at radius 2 is 1.95 bits per heavy atom. The first kappa shape index (κ1) is 14.5.